The summed E-state index contributed by atoms with van der Waals surface area (Å²) >= 11 is 0. The fourth-order valence-corrected chi connectivity index (χ4v) is 1.21. The number of hydrogen-bond acceptors (Lipinski definition) is 5. The third-order valence-electron chi connectivity index (χ3n) is 2.34. The smallest absolute Gasteiger partial charge is 0.228 e. The summed E-state index contributed by atoms with van der Waals surface area (Å²) < 4.78 is 5.32. The molecule has 100 valence electrons. The molecule has 5 nitrogen and oxygen atoms in total. The molecule has 0 aliphatic heterocycles. The molecule has 0 aromatic carbocycles. The molecule has 0 aliphatic rings. The van der Waals surface area contributed by atoms with E-state index in [1.807, 2.05) is 0 Å². The van der Waals surface area contributed by atoms with Gasteiger partial charge in [-0.05, 0) is 0 Å². The Bertz CT molecular complexity index is 224. The second-order valence-corrected chi connectivity index (χ2v) is 3.72. The van der Waals surface area contributed by atoms with E-state index >= 15 is 0 Å². The minimum Gasteiger partial charge on any atom is -0.353 e. The zero-order chi connectivity index (χ0) is 13.4. The van der Waals surface area contributed by atoms with Crippen molar-refractivity contribution in [1.29, 1.82) is 0 Å². The fraction of sp³-hybridized carbons (Fsp3) is 0.667. The van der Waals surface area contributed by atoms with Crippen molar-refractivity contribution >= 4 is 0 Å². The Hall–Kier alpha value is -0.720. The van der Waals surface area contributed by atoms with Gasteiger partial charge in [-0.2, -0.15) is 0 Å². The molecule has 2 unspecified atom stereocenters. The van der Waals surface area contributed by atoms with Crippen molar-refractivity contribution in [3.05, 3.63) is 25.3 Å². The van der Waals surface area contributed by atoms with Gasteiger partial charge >= 0.3 is 0 Å². The average molecular weight is 244 g/mol. The minimum absolute atomic E-state index is 0.291. The number of aliphatic hydroxyl groups is 2. The van der Waals surface area contributed by atoms with E-state index in [1.54, 1.807) is 26.0 Å². The summed E-state index contributed by atoms with van der Waals surface area (Å²) in [7, 11) is 0. The highest BCUT2D eigenvalue weighted by Crippen LogP contribution is 2.18. The van der Waals surface area contributed by atoms with Crippen molar-refractivity contribution in [3.8, 4) is 0 Å². The Morgan fingerprint density at radius 1 is 1.00 bits per heavy atom. The van der Waals surface area contributed by atoms with Gasteiger partial charge in [-0.25, -0.2) is 0 Å². The molecule has 0 aromatic rings. The Kier molecular flexibility index (Phi) is 7.26. The summed E-state index contributed by atoms with van der Waals surface area (Å²) in [4.78, 5) is 0. The quantitative estimate of drug-likeness (QED) is 0.336. The largest absolute Gasteiger partial charge is 0.353 e. The Balaban J connectivity index is 4.57. The lowest BCUT2D eigenvalue weighted by molar-refractivity contribution is -0.356. The van der Waals surface area contributed by atoms with E-state index in [0.29, 0.717) is 25.9 Å². The van der Waals surface area contributed by atoms with E-state index < -0.39 is 11.8 Å². The van der Waals surface area contributed by atoms with E-state index in [2.05, 4.69) is 23.8 Å². The molecular formula is C12H24N2O3. The van der Waals surface area contributed by atoms with Gasteiger partial charge < -0.3 is 10.2 Å². The fourth-order valence-electron chi connectivity index (χ4n) is 1.21. The van der Waals surface area contributed by atoms with Crippen molar-refractivity contribution in [1.82, 2.24) is 10.6 Å². The second kappa shape index (κ2) is 7.58. The van der Waals surface area contributed by atoms with Crippen molar-refractivity contribution < 1.29 is 14.9 Å². The topological polar surface area (TPSA) is 73.8 Å². The SMILES string of the molecule is C=CCNC(O)(CC)OC(O)(CC)NCC=C. The third-order valence-corrected chi connectivity index (χ3v) is 2.34. The van der Waals surface area contributed by atoms with Crippen molar-refractivity contribution in [3.63, 3.8) is 0 Å². The van der Waals surface area contributed by atoms with Crippen molar-refractivity contribution in [2.75, 3.05) is 13.1 Å². The van der Waals surface area contributed by atoms with E-state index in [9.17, 15) is 10.2 Å². The van der Waals surface area contributed by atoms with Crippen LogP contribution in [0.3, 0.4) is 0 Å². The van der Waals surface area contributed by atoms with Crippen LogP contribution in [0.15, 0.2) is 25.3 Å². The summed E-state index contributed by atoms with van der Waals surface area (Å²) in [6, 6.07) is 0. The minimum atomic E-state index is -1.59. The molecular weight excluding hydrogens is 220 g/mol. The highest BCUT2D eigenvalue weighted by Gasteiger charge is 2.36. The summed E-state index contributed by atoms with van der Waals surface area (Å²) in [5.74, 6) is -3.18. The molecule has 0 radical (unpaired) electrons. The van der Waals surface area contributed by atoms with E-state index in [1.165, 1.54) is 0 Å². The van der Waals surface area contributed by atoms with Crippen LogP contribution in [-0.4, -0.2) is 35.1 Å². The lowest BCUT2D eigenvalue weighted by atomic mass is 10.3. The van der Waals surface area contributed by atoms with Gasteiger partial charge in [-0.15, -0.1) is 13.2 Å². The second-order valence-electron chi connectivity index (χ2n) is 3.72. The summed E-state index contributed by atoms with van der Waals surface area (Å²) in [6.07, 6.45) is 3.79. The highest BCUT2D eigenvalue weighted by molar-refractivity contribution is 4.78. The van der Waals surface area contributed by atoms with Crippen molar-refractivity contribution in [2.24, 2.45) is 0 Å². The molecule has 0 spiro atoms. The maximum Gasteiger partial charge on any atom is 0.228 e. The number of ether oxygens (including phenoxy) is 1. The van der Waals surface area contributed by atoms with Crippen LogP contribution in [0.25, 0.3) is 0 Å². The monoisotopic (exact) mass is 244 g/mol. The molecule has 0 heterocycles. The Morgan fingerprint density at radius 3 is 1.59 bits per heavy atom. The van der Waals surface area contributed by atoms with E-state index in [-0.39, 0.29) is 0 Å². The maximum absolute atomic E-state index is 10.1. The first kappa shape index (κ1) is 16.3. The van der Waals surface area contributed by atoms with Crippen LogP contribution in [0.4, 0.5) is 0 Å². The first-order valence-corrected chi connectivity index (χ1v) is 5.82. The summed E-state index contributed by atoms with van der Waals surface area (Å²) in [5.41, 5.74) is 0. The van der Waals surface area contributed by atoms with Crippen LogP contribution in [0.1, 0.15) is 26.7 Å². The first-order valence-electron chi connectivity index (χ1n) is 5.82. The molecule has 0 bridgehead atoms. The van der Waals surface area contributed by atoms with E-state index in [0.717, 1.165) is 0 Å². The lowest BCUT2D eigenvalue weighted by Crippen LogP contribution is -2.58. The molecule has 0 fully saturated rings. The molecule has 4 N–H and O–H groups in total. The predicted octanol–water partition coefficient (Wildman–Crippen LogP) is 0.666. The van der Waals surface area contributed by atoms with Gasteiger partial charge in [0.15, 0.2) is 0 Å². The molecule has 0 saturated heterocycles. The Labute approximate surface area is 103 Å². The molecule has 2 atom stereocenters. The zero-order valence-electron chi connectivity index (χ0n) is 10.7. The molecule has 5 heteroatoms. The highest BCUT2D eigenvalue weighted by atomic mass is 16.7. The standard InChI is InChI=1S/C12H24N2O3/c1-5-9-13-11(15,7-3)17-12(16,8-4)14-10-6-2/h5-6,13-16H,1-2,7-10H2,3-4H3. The molecule has 0 amide bonds. The van der Waals surface area contributed by atoms with E-state index in [4.69, 9.17) is 4.74 Å². The van der Waals surface area contributed by atoms with Gasteiger partial charge in [0.05, 0.1) is 0 Å². The number of rotatable bonds is 10. The normalized spacial score (nSPS) is 18.1. The third kappa shape index (κ3) is 5.95. The van der Waals surface area contributed by atoms with Crippen LogP contribution in [0.5, 0.6) is 0 Å². The van der Waals surface area contributed by atoms with Gasteiger partial charge in [0.1, 0.15) is 0 Å². The molecule has 0 saturated carbocycles. The van der Waals surface area contributed by atoms with Crippen molar-refractivity contribution in [2.45, 2.75) is 38.5 Å². The first-order chi connectivity index (χ1) is 7.95. The summed E-state index contributed by atoms with van der Waals surface area (Å²) in [6.45, 7) is 11.3. The van der Waals surface area contributed by atoms with Crippen LogP contribution < -0.4 is 10.6 Å². The molecule has 0 aliphatic carbocycles. The Morgan fingerprint density at radius 2 is 1.35 bits per heavy atom. The average Bonchev–Trinajstić information content (AvgIpc) is 2.34. The van der Waals surface area contributed by atoms with Crippen LogP contribution in [0.2, 0.25) is 0 Å². The van der Waals surface area contributed by atoms with Gasteiger partial charge in [0, 0.05) is 25.9 Å². The zero-order valence-corrected chi connectivity index (χ0v) is 10.7. The van der Waals surface area contributed by atoms with Gasteiger partial charge in [0.25, 0.3) is 0 Å². The van der Waals surface area contributed by atoms with Gasteiger partial charge in [-0.3, -0.25) is 15.4 Å². The van der Waals surface area contributed by atoms with Crippen LogP contribution >= 0.6 is 0 Å². The molecule has 0 aromatic heterocycles. The van der Waals surface area contributed by atoms with Crippen LogP contribution in [-0.2, 0) is 4.74 Å². The van der Waals surface area contributed by atoms with Crippen LogP contribution in [0, 0.1) is 0 Å². The molecule has 0 rings (SSSR count). The lowest BCUT2D eigenvalue weighted by Gasteiger charge is -2.37. The van der Waals surface area contributed by atoms with Gasteiger partial charge in [0.2, 0.25) is 11.8 Å². The summed E-state index contributed by atoms with van der Waals surface area (Å²) in [5, 5.41) is 25.7. The number of hydrogen-bond donors (Lipinski definition) is 4. The molecule has 17 heavy (non-hydrogen) atoms. The predicted molar refractivity (Wildman–Crippen MR) is 68.0 cm³/mol. The maximum atomic E-state index is 10.1. The number of nitrogens with one attached hydrogen (secondary N) is 2. The van der Waals surface area contributed by atoms with Gasteiger partial charge in [-0.1, -0.05) is 26.0 Å².